The highest BCUT2D eigenvalue weighted by Crippen LogP contribution is 2.22. The number of halogens is 1. The van der Waals surface area contributed by atoms with Crippen LogP contribution in [0.2, 0.25) is 5.02 Å². The van der Waals surface area contributed by atoms with Crippen molar-refractivity contribution in [2.75, 3.05) is 27.2 Å². The second-order valence-corrected chi connectivity index (χ2v) is 4.86. The molecule has 0 saturated carbocycles. The van der Waals surface area contributed by atoms with Gasteiger partial charge in [0.1, 0.15) is 10.7 Å². The predicted molar refractivity (Wildman–Crippen MR) is 76.0 cm³/mol. The van der Waals surface area contributed by atoms with Crippen LogP contribution in [0.25, 0.3) is 0 Å². The van der Waals surface area contributed by atoms with E-state index in [1.54, 1.807) is 12.1 Å². The van der Waals surface area contributed by atoms with Gasteiger partial charge in [-0.05, 0) is 38.7 Å². The van der Waals surface area contributed by atoms with E-state index in [2.05, 4.69) is 4.90 Å². The molecule has 0 aliphatic rings. The van der Waals surface area contributed by atoms with Crippen LogP contribution in [-0.4, -0.2) is 37.1 Å². The van der Waals surface area contributed by atoms with Crippen LogP contribution in [-0.2, 0) is 0 Å². The molecular formula is C12H17ClN2OS. The van der Waals surface area contributed by atoms with E-state index in [-0.39, 0.29) is 0 Å². The molecule has 1 aromatic rings. The molecule has 0 saturated heterocycles. The van der Waals surface area contributed by atoms with E-state index in [9.17, 15) is 0 Å². The smallest absolute Gasteiger partial charge is 0.120 e. The van der Waals surface area contributed by atoms with Gasteiger partial charge in [0, 0.05) is 12.1 Å². The Morgan fingerprint density at radius 2 is 2.18 bits per heavy atom. The van der Waals surface area contributed by atoms with Crippen molar-refractivity contribution in [3.05, 3.63) is 28.8 Å². The summed E-state index contributed by atoms with van der Waals surface area (Å²) < 4.78 is 5.58. The van der Waals surface area contributed by atoms with Gasteiger partial charge in [0.2, 0.25) is 0 Å². The molecule has 0 aromatic heterocycles. The molecule has 0 amide bonds. The Bertz CT molecular complexity index is 396. The van der Waals surface area contributed by atoms with Gasteiger partial charge in [0.25, 0.3) is 0 Å². The summed E-state index contributed by atoms with van der Waals surface area (Å²) in [5, 5.41) is 0.530. The van der Waals surface area contributed by atoms with Crippen LogP contribution in [0.1, 0.15) is 12.0 Å². The third kappa shape index (κ3) is 4.89. The molecule has 2 N–H and O–H groups in total. The second-order valence-electron chi connectivity index (χ2n) is 4.01. The standard InChI is InChI=1S/C12H17ClN2OS/c1-15(2)6-3-7-16-9-4-5-10(12(14)17)11(13)8-9/h4-5,8H,3,6-7H2,1-2H3,(H2,14,17). The fraction of sp³-hybridized carbons (Fsp3) is 0.417. The molecule has 94 valence electrons. The average molecular weight is 273 g/mol. The number of rotatable bonds is 6. The molecule has 17 heavy (non-hydrogen) atoms. The molecular weight excluding hydrogens is 256 g/mol. The van der Waals surface area contributed by atoms with E-state index < -0.39 is 0 Å². The lowest BCUT2D eigenvalue weighted by atomic mass is 10.2. The van der Waals surface area contributed by atoms with Gasteiger partial charge in [0.15, 0.2) is 0 Å². The maximum atomic E-state index is 6.03. The van der Waals surface area contributed by atoms with E-state index in [4.69, 9.17) is 34.3 Å². The predicted octanol–water partition coefficient (Wildman–Crippen LogP) is 2.30. The molecule has 0 aliphatic carbocycles. The topological polar surface area (TPSA) is 38.5 Å². The molecule has 0 radical (unpaired) electrons. The van der Waals surface area contributed by atoms with Crippen LogP contribution in [0.5, 0.6) is 5.75 Å². The van der Waals surface area contributed by atoms with Crippen LogP contribution in [0, 0.1) is 0 Å². The van der Waals surface area contributed by atoms with Crippen molar-refractivity contribution in [2.24, 2.45) is 5.73 Å². The minimum atomic E-state index is 0.300. The largest absolute Gasteiger partial charge is 0.493 e. The summed E-state index contributed by atoms with van der Waals surface area (Å²) >= 11 is 10.9. The van der Waals surface area contributed by atoms with Crippen LogP contribution < -0.4 is 10.5 Å². The first-order valence-electron chi connectivity index (χ1n) is 5.37. The average Bonchev–Trinajstić information content (AvgIpc) is 2.23. The summed E-state index contributed by atoms with van der Waals surface area (Å²) in [6, 6.07) is 5.35. The van der Waals surface area contributed by atoms with Crippen LogP contribution in [0.3, 0.4) is 0 Å². The number of benzene rings is 1. The fourth-order valence-electron chi connectivity index (χ4n) is 1.36. The third-order valence-electron chi connectivity index (χ3n) is 2.22. The van der Waals surface area contributed by atoms with Crippen molar-refractivity contribution < 1.29 is 4.74 Å². The molecule has 0 spiro atoms. The first-order chi connectivity index (χ1) is 8.00. The first-order valence-corrected chi connectivity index (χ1v) is 6.16. The van der Waals surface area contributed by atoms with Crippen molar-refractivity contribution in [3.63, 3.8) is 0 Å². The van der Waals surface area contributed by atoms with Crippen LogP contribution in [0.4, 0.5) is 0 Å². The minimum absolute atomic E-state index is 0.300. The van der Waals surface area contributed by atoms with Gasteiger partial charge in [-0.15, -0.1) is 0 Å². The zero-order chi connectivity index (χ0) is 12.8. The summed E-state index contributed by atoms with van der Waals surface area (Å²) in [6.45, 7) is 1.67. The van der Waals surface area contributed by atoms with Crippen LogP contribution in [0.15, 0.2) is 18.2 Å². The Hall–Kier alpha value is -0.840. The van der Waals surface area contributed by atoms with E-state index in [1.807, 2.05) is 20.2 Å². The Labute approximate surface area is 112 Å². The van der Waals surface area contributed by atoms with E-state index >= 15 is 0 Å². The number of hydrogen-bond acceptors (Lipinski definition) is 3. The fourth-order valence-corrected chi connectivity index (χ4v) is 1.86. The van der Waals surface area contributed by atoms with Crippen molar-refractivity contribution in [1.29, 1.82) is 0 Å². The molecule has 3 nitrogen and oxygen atoms in total. The summed E-state index contributed by atoms with van der Waals surface area (Å²) in [5.74, 6) is 0.744. The first kappa shape index (κ1) is 14.2. The van der Waals surface area contributed by atoms with Gasteiger partial charge < -0.3 is 15.4 Å². The molecule has 1 rings (SSSR count). The molecule has 0 aliphatic heterocycles. The summed E-state index contributed by atoms with van der Waals surface area (Å²) in [5.41, 5.74) is 6.20. The van der Waals surface area contributed by atoms with E-state index in [1.165, 1.54) is 0 Å². The molecule has 0 heterocycles. The molecule has 0 fully saturated rings. The van der Waals surface area contributed by atoms with Crippen molar-refractivity contribution in [2.45, 2.75) is 6.42 Å². The summed E-state index contributed by atoms with van der Waals surface area (Å²) in [7, 11) is 4.07. The van der Waals surface area contributed by atoms with Gasteiger partial charge in [-0.2, -0.15) is 0 Å². The monoisotopic (exact) mass is 272 g/mol. The van der Waals surface area contributed by atoms with E-state index in [0.29, 0.717) is 22.2 Å². The van der Waals surface area contributed by atoms with Gasteiger partial charge in [-0.3, -0.25) is 0 Å². The minimum Gasteiger partial charge on any atom is -0.493 e. The zero-order valence-corrected chi connectivity index (χ0v) is 11.6. The number of nitrogens with two attached hydrogens (primary N) is 1. The normalized spacial score (nSPS) is 10.6. The van der Waals surface area contributed by atoms with E-state index in [0.717, 1.165) is 18.7 Å². The van der Waals surface area contributed by atoms with Crippen LogP contribution >= 0.6 is 23.8 Å². The summed E-state index contributed by atoms with van der Waals surface area (Å²) in [6.07, 6.45) is 0.974. The lowest BCUT2D eigenvalue weighted by Gasteiger charge is -2.11. The third-order valence-corrected chi connectivity index (χ3v) is 2.76. The Balaban J connectivity index is 2.50. The lowest BCUT2D eigenvalue weighted by molar-refractivity contribution is 0.281. The second kappa shape index (κ2) is 6.79. The van der Waals surface area contributed by atoms with Gasteiger partial charge in [0.05, 0.1) is 11.6 Å². The highest BCUT2D eigenvalue weighted by molar-refractivity contribution is 7.80. The Kier molecular flexibility index (Phi) is 5.68. The highest BCUT2D eigenvalue weighted by Gasteiger charge is 2.04. The zero-order valence-electron chi connectivity index (χ0n) is 10.1. The molecule has 1 aromatic carbocycles. The van der Waals surface area contributed by atoms with Crippen molar-refractivity contribution in [1.82, 2.24) is 4.90 Å². The maximum Gasteiger partial charge on any atom is 0.120 e. The summed E-state index contributed by atoms with van der Waals surface area (Å²) in [4.78, 5) is 2.42. The number of ether oxygens (including phenoxy) is 1. The van der Waals surface area contributed by atoms with Gasteiger partial charge >= 0.3 is 0 Å². The van der Waals surface area contributed by atoms with Gasteiger partial charge in [-0.1, -0.05) is 23.8 Å². The highest BCUT2D eigenvalue weighted by atomic mass is 35.5. The Morgan fingerprint density at radius 1 is 1.47 bits per heavy atom. The molecule has 0 atom stereocenters. The molecule has 0 bridgehead atoms. The lowest BCUT2D eigenvalue weighted by Crippen LogP contribution is -2.15. The van der Waals surface area contributed by atoms with Gasteiger partial charge in [-0.25, -0.2) is 0 Å². The number of thiocarbonyl (C=S) groups is 1. The molecule has 5 heteroatoms. The Morgan fingerprint density at radius 3 is 2.71 bits per heavy atom. The van der Waals surface area contributed by atoms with Crippen molar-refractivity contribution in [3.8, 4) is 5.75 Å². The maximum absolute atomic E-state index is 6.03. The number of nitrogens with zero attached hydrogens (tertiary/aromatic N) is 1. The number of hydrogen-bond donors (Lipinski definition) is 1. The quantitative estimate of drug-likeness (QED) is 0.637. The van der Waals surface area contributed by atoms with Crippen molar-refractivity contribution >= 4 is 28.8 Å². The molecule has 0 unspecified atom stereocenters. The SMILES string of the molecule is CN(C)CCCOc1ccc(C(N)=S)c(Cl)c1.